The van der Waals surface area contributed by atoms with E-state index in [4.69, 9.17) is 4.74 Å². The molecule has 2 rings (SSSR count). The zero-order valence-electron chi connectivity index (χ0n) is 12.3. The normalized spacial score (nSPS) is 21.4. The molecule has 0 radical (unpaired) electrons. The molecule has 1 fully saturated rings. The number of hydrogen-bond acceptors (Lipinski definition) is 2. The molecule has 0 amide bonds. The van der Waals surface area contributed by atoms with Crippen LogP contribution in [-0.2, 0) is 6.54 Å². The monoisotopic (exact) mass is 261 g/mol. The van der Waals surface area contributed by atoms with Crippen LogP contribution < -0.4 is 10.1 Å². The third kappa shape index (κ3) is 5.23. The predicted molar refractivity (Wildman–Crippen MR) is 80.4 cm³/mol. The minimum Gasteiger partial charge on any atom is -0.494 e. The Morgan fingerprint density at radius 2 is 1.95 bits per heavy atom. The van der Waals surface area contributed by atoms with E-state index in [1.807, 2.05) is 0 Å². The second-order valence-corrected chi connectivity index (χ2v) is 5.80. The molecule has 1 aromatic carbocycles. The van der Waals surface area contributed by atoms with Crippen molar-refractivity contribution in [3.63, 3.8) is 0 Å². The van der Waals surface area contributed by atoms with E-state index in [9.17, 15) is 0 Å². The third-order valence-corrected chi connectivity index (χ3v) is 3.95. The van der Waals surface area contributed by atoms with E-state index in [2.05, 4.69) is 43.4 Å². The molecule has 1 aliphatic rings. The van der Waals surface area contributed by atoms with Crippen LogP contribution in [0.3, 0.4) is 0 Å². The van der Waals surface area contributed by atoms with Gasteiger partial charge in [0.15, 0.2) is 0 Å². The molecule has 0 aromatic heterocycles. The molecular weight excluding hydrogens is 234 g/mol. The third-order valence-electron chi connectivity index (χ3n) is 3.95. The number of rotatable bonds is 9. The fraction of sp³-hybridized carbons (Fsp3) is 0.647. The van der Waals surface area contributed by atoms with Crippen LogP contribution in [0.5, 0.6) is 5.75 Å². The Labute approximate surface area is 117 Å². The number of benzene rings is 1. The smallest absolute Gasteiger partial charge is 0.119 e. The lowest BCUT2D eigenvalue weighted by Gasteiger charge is -2.08. The maximum absolute atomic E-state index is 5.71. The van der Waals surface area contributed by atoms with Crippen LogP contribution in [0.15, 0.2) is 24.3 Å². The van der Waals surface area contributed by atoms with Gasteiger partial charge in [0.1, 0.15) is 5.75 Å². The molecule has 0 bridgehead atoms. The molecule has 19 heavy (non-hydrogen) atoms. The number of hydrogen-bond donors (Lipinski definition) is 1. The van der Waals surface area contributed by atoms with Gasteiger partial charge in [-0.25, -0.2) is 0 Å². The Bertz CT molecular complexity index is 360. The molecule has 1 aromatic rings. The van der Waals surface area contributed by atoms with Gasteiger partial charge < -0.3 is 10.1 Å². The molecule has 0 spiro atoms. The first-order valence-corrected chi connectivity index (χ1v) is 7.72. The average Bonchev–Trinajstić information content (AvgIpc) is 3.12. The van der Waals surface area contributed by atoms with Crippen LogP contribution >= 0.6 is 0 Å². The van der Waals surface area contributed by atoms with E-state index in [0.29, 0.717) is 0 Å². The molecule has 0 heterocycles. The highest BCUT2D eigenvalue weighted by atomic mass is 16.5. The predicted octanol–water partition coefficient (Wildman–Crippen LogP) is 4.00. The van der Waals surface area contributed by atoms with Crippen LogP contribution in [-0.4, -0.2) is 13.2 Å². The fourth-order valence-corrected chi connectivity index (χ4v) is 2.33. The molecule has 0 aliphatic heterocycles. The lowest BCUT2D eigenvalue weighted by molar-refractivity contribution is 0.306. The Morgan fingerprint density at radius 1 is 1.21 bits per heavy atom. The van der Waals surface area contributed by atoms with Crippen LogP contribution in [0.4, 0.5) is 0 Å². The van der Waals surface area contributed by atoms with E-state index in [1.165, 1.54) is 24.8 Å². The van der Waals surface area contributed by atoms with Crippen molar-refractivity contribution >= 4 is 0 Å². The van der Waals surface area contributed by atoms with Gasteiger partial charge in [-0.3, -0.25) is 0 Å². The van der Waals surface area contributed by atoms with Gasteiger partial charge in [-0.1, -0.05) is 38.8 Å². The maximum atomic E-state index is 5.71. The number of ether oxygens (including phenoxy) is 1. The topological polar surface area (TPSA) is 21.3 Å². The zero-order chi connectivity index (χ0) is 13.5. The average molecular weight is 261 g/mol. The summed E-state index contributed by atoms with van der Waals surface area (Å²) < 4.78 is 5.71. The number of unbranched alkanes of at least 4 members (excludes halogenated alkanes) is 2. The summed E-state index contributed by atoms with van der Waals surface area (Å²) in [5, 5.41) is 3.53. The molecule has 1 saturated carbocycles. The Hall–Kier alpha value is -1.02. The zero-order valence-corrected chi connectivity index (χ0v) is 12.3. The minimum atomic E-state index is 0.838. The van der Waals surface area contributed by atoms with Crippen molar-refractivity contribution in [2.45, 2.75) is 46.1 Å². The van der Waals surface area contributed by atoms with E-state index in [1.54, 1.807) is 0 Å². The van der Waals surface area contributed by atoms with Crippen molar-refractivity contribution in [3.05, 3.63) is 29.8 Å². The summed E-state index contributed by atoms with van der Waals surface area (Å²) in [5.41, 5.74) is 1.34. The van der Waals surface area contributed by atoms with Gasteiger partial charge in [0.05, 0.1) is 6.61 Å². The lowest BCUT2D eigenvalue weighted by Crippen LogP contribution is -2.16. The van der Waals surface area contributed by atoms with Crippen LogP contribution in [0.25, 0.3) is 0 Å². The molecule has 2 atom stereocenters. The van der Waals surface area contributed by atoms with Gasteiger partial charge >= 0.3 is 0 Å². The van der Waals surface area contributed by atoms with Gasteiger partial charge in [-0.05, 0) is 48.9 Å². The highest BCUT2D eigenvalue weighted by molar-refractivity contribution is 5.27. The molecule has 1 N–H and O–H groups in total. The van der Waals surface area contributed by atoms with Crippen molar-refractivity contribution in [3.8, 4) is 5.75 Å². The molecule has 1 aliphatic carbocycles. The lowest BCUT2D eigenvalue weighted by atomic mass is 10.2. The second-order valence-electron chi connectivity index (χ2n) is 5.80. The van der Waals surface area contributed by atoms with Crippen LogP contribution in [0.1, 0.15) is 45.1 Å². The molecule has 2 nitrogen and oxygen atoms in total. The molecule has 2 heteroatoms. The summed E-state index contributed by atoms with van der Waals surface area (Å²) in [5.74, 6) is 2.85. The van der Waals surface area contributed by atoms with Gasteiger partial charge in [0.25, 0.3) is 0 Å². The van der Waals surface area contributed by atoms with Crippen LogP contribution in [0.2, 0.25) is 0 Å². The molecule has 106 valence electrons. The highest BCUT2D eigenvalue weighted by Crippen LogP contribution is 2.36. The molecule has 0 saturated heterocycles. The highest BCUT2D eigenvalue weighted by Gasteiger charge is 2.31. The SMILES string of the molecule is CCCCCOc1ccc(CNCC2CC2C)cc1. The second kappa shape index (κ2) is 7.54. The van der Waals surface area contributed by atoms with Crippen molar-refractivity contribution in [1.82, 2.24) is 5.32 Å². The van der Waals surface area contributed by atoms with Crippen molar-refractivity contribution in [2.24, 2.45) is 11.8 Å². The Morgan fingerprint density at radius 3 is 2.58 bits per heavy atom. The fourth-order valence-electron chi connectivity index (χ4n) is 2.33. The first kappa shape index (κ1) is 14.4. The first-order valence-electron chi connectivity index (χ1n) is 7.72. The largest absolute Gasteiger partial charge is 0.494 e. The van der Waals surface area contributed by atoms with Gasteiger partial charge in [-0.2, -0.15) is 0 Å². The van der Waals surface area contributed by atoms with E-state index < -0.39 is 0 Å². The van der Waals surface area contributed by atoms with Crippen LogP contribution in [0, 0.1) is 11.8 Å². The minimum absolute atomic E-state index is 0.838. The van der Waals surface area contributed by atoms with E-state index in [0.717, 1.165) is 43.7 Å². The summed E-state index contributed by atoms with van der Waals surface area (Å²) in [6, 6.07) is 8.50. The maximum Gasteiger partial charge on any atom is 0.119 e. The Kier molecular flexibility index (Phi) is 5.71. The van der Waals surface area contributed by atoms with Gasteiger partial charge in [-0.15, -0.1) is 0 Å². The Balaban J connectivity index is 1.63. The molecule has 2 unspecified atom stereocenters. The summed E-state index contributed by atoms with van der Waals surface area (Å²) >= 11 is 0. The van der Waals surface area contributed by atoms with Crippen molar-refractivity contribution < 1.29 is 4.74 Å². The summed E-state index contributed by atoms with van der Waals surface area (Å²) in [7, 11) is 0. The first-order chi connectivity index (χ1) is 9.29. The van der Waals surface area contributed by atoms with Crippen molar-refractivity contribution in [1.29, 1.82) is 0 Å². The number of nitrogens with one attached hydrogen (secondary N) is 1. The quantitative estimate of drug-likeness (QED) is 0.678. The van der Waals surface area contributed by atoms with E-state index >= 15 is 0 Å². The summed E-state index contributed by atoms with van der Waals surface area (Å²) in [6.07, 6.45) is 5.05. The molecular formula is C17H27NO. The summed E-state index contributed by atoms with van der Waals surface area (Å²) in [6.45, 7) is 7.52. The summed E-state index contributed by atoms with van der Waals surface area (Å²) in [4.78, 5) is 0. The van der Waals surface area contributed by atoms with Gasteiger partial charge in [0.2, 0.25) is 0 Å². The van der Waals surface area contributed by atoms with E-state index in [-0.39, 0.29) is 0 Å². The van der Waals surface area contributed by atoms with Gasteiger partial charge in [0, 0.05) is 6.54 Å². The standard InChI is InChI=1S/C17H27NO/c1-3-4-5-10-19-17-8-6-15(7-9-17)12-18-13-16-11-14(16)2/h6-9,14,16,18H,3-5,10-13H2,1-2H3. The van der Waals surface area contributed by atoms with Crippen molar-refractivity contribution in [2.75, 3.05) is 13.2 Å².